The number of benzene rings is 2. The Bertz CT molecular complexity index is 575. The zero-order chi connectivity index (χ0) is 13.8. The van der Waals surface area contributed by atoms with Crippen LogP contribution < -0.4 is 5.32 Å². The number of carbonyl (C=O) groups excluding carboxylic acids is 1. The van der Waals surface area contributed by atoms with Crippen molar-refractivity contribution in [3.8, 4) is 0 Å². The molecular formula is C17H19NO. The Kier molecular flexibility index (Phi) is 4.00. The lowest BCUT2D eigenvalue weighted by Gasteiger charge is -2.20. The minimum atomic E-state index is -0.0852. The molecule has 0 bridgehead atoms. The normalized spacial score (nSPS) is 11.9. The lowest BCUT2D eigenvalue weighted by Crippen LogP contribution is -2.26. The summed E-state index contributed by atoms with van der Waals surface area (Å²) in [5.74, 6) is -0.0212. The van der Waals surface area contributed by atoms with Gasteiger partial charge in [-0.1, -0.05) is 48.5 Å². The van der Waals surface area contributed by atoms with Crippen molar-refractivity contribution in [1.29, 1.82) is 0 Å². The third-order valence-corrected chi connectivity index (χ3v) is 3.34. The molecule has 1 N–H and O–H groups in total. The SMILES string of the molecule is CC(=O)NC(c1ccccc1)c1ccc(C)c(C)c1. The van der Waals surface area contributed by atoms with Gasteiger partial charge in [-0.2, -0.15) is 0 Å². The fourth-order valence-corrected chi connectivity index (χ4v) is 2.15. The first kappa shape index (κ1) is 13.3. The Balaban J connectivity index is 2.42. The van der Waals surface area contributed by atoms with Gasteiger partial charge in [0.25, 0.3) is 0 Å². The molecule has 0 heterocycles. The molecule has 19 heavy (non-hydrogen) atoms. The van der Waals surface area contributed by atoms with E-state index in [0.29, 0.717) is 0 Å². The van der Waals surface area contributed by atoms with Crippen LogP contribution in [0.4, 0.5) is 0 Å². The average Bonchev–Trinajstić information content (AvgIpc) is 2.40. The first-order valence-corrected chi connectivity index (χ1v) is 6.47. The van der Waals surface area contributed by atoms with Crippen molar-refractivity contribution in [1.82, 2.24) is 5.32 Å². The van der Waals surface area contributed by atoms with E-state index < -0.39 is 0 Å². The van der Waals surface area contributed by atoms with Gasteiger partial charge in [-0.15, -0.1) is 0 Å². The van der Waals surface area contributed by atoms with Gasteiger partial charge in [0.15, 0.2) is 0 Å². The summed E-state index contributed by atoms with van der Waals surface area (Å²) in [7, 11) is 0. The van der Waals surface area contributed by atoms with Crippen molar-refractivity contribution >= 4 is 5.91 Å². The molecule has 2 rings (SSSR count). The molecule has 98 valence electrons. The summed E-state index contributed by atoms with van der Waals surface area (Å²) < 4.78 is 0. The van der Waals surface area contributed by atoms with E-state index >= 15 is 0 Å². The molecule has 1 unspecified atom stereocenters. The third kappa shape index (κ3) is 3.22. The van der Waals surface area contributed by atoms with Crippen LogP contribution in [0.2, 0.25) is 0 Å². The van der Waals surface area contributed by atoms with Crippen molar-refractivity contribution in [2.75, 3.05) is 0 Å². The molecule has 0 saturated heterocycles. The zero-order valence-corrected chi connectivity index (χ0v) is 11.6. The summed E-state index contributed by atoms with van der Waals surface area (Å²) in [5, 5.41) is 3.02. The number of aryl methyl sites for hydroxylation is 2. The highest BCUT2D eigenvalue weighted by atomic mass is 16.1. The maximum Gasteiger partial charge on any atom is 0.217 e. The molecule has 2 aromatic carbocycles. The van der Waals surface area contributed by atoms with Crippen LogP contribution >= 0.6 is 0 Å². The van der Waals surface area contributed by atoms with Gasteiger partial charge >= 0.3 is 0 Å². The summed E-state index contributed by atoms with van der Waals surface area (Å²) in [5.41, 5.74) is 4.72. The van der Waals surface area contributed by atoms with Crippen LogP contribution in [0.25, 0.3) is 0 Å². The van der Waals surface area contributed by atoms with Gasteiger partial charge in [0.2, 0.25) is 5.91 Å². The molecule has 2 aromatic rings. The number of carbonyl (C=O) groups is 1. The molecule has 0 fully saturated rings. The minimum absolute atomic E-state index is 0.0212. The highest BCUT2D eigenvalue weighted by Crippen LogP contribution is 2.23. The Morgan fingerprint density at radius 3 is 2.21 bits per heavy atom. The third-order valence-electron chi connectivity index (χ3n) is 3.34. The summed E-state index contributed by atoms with van der Waals surface area (Å²) in [6.45, 7) is 5.74. The van der Waals surface area contributed by atoms with E-state index in [0.717, 1.165) is 11.1 Å². The van der Waals surface area contributed by atoms with Crippen LogP contribution in [0.3, 0.4) is 0 Å². The molecule has 2 nitrogen and oxygen atoms in total. The Labute approximate surface area is 114 Å². The van der Waals surface area contributed by atoms with Gasteiger partial charge in [0, 0.05) is 6.92 Å². The molecule has 1 amide bonds. The molecular weight excluding hydrogens is 234 g/mol. The van der Waals surface area contributed by atoms with Crippen molar-refractivity contribution in [2.24, 2.45) is 0 Å². The number of hydrogen-bond acceptors (Lipinski definition) is 1. The number of hydrogen-bond donors (Lipinski definition) is 1. The van der Waals surface area contributed by atoms with Gasteiger partial charge in [0.05, 0.1) is 6.04 Å². The topological polar surface area (TPSA) is 29.1 Å². The highest BCUT2D eigenvalue weighted by Gasteiger charge is 2.15. The molecule has 0 aliphatic heterocycles. The van der Waals surface area contributed by atoms with Gasteiger partial charge in [0.1, 0.15) is 0 Å². The highest BCUT2D eigenvalue weighted by molar-refractivity contribution is 5.74. The molecule has 0 aliphatic carbocycles. The Hall–Kier alpha value is -2.09. The van der Waals surface area contributed by atoms with Crippen LogP contribution in [0.1, 0.15) is 35.2 Å². The smallest absolute Gasteiger partial charge is 0.217 e. The number of nitrogens with one attached hydrogen (secondary N) is 1. The predicted molar refractivity (Wildman–Crippen MR) is 78.0 cm³/mol. The molecule has 0 spiro atoms. The number of rotatable bonds is 3. The largest absolute Gasteiger partial charge is 0.345 e. The van der Waals surface area contributed by atoms with Gasteiger partial charge < -0.3 is 5.32 Å². The van der Waals surface area contributed by atoms with Crippen LogP contribution in [-0.2, 0) is 4.79 Å². The maximum atomic E-state index is 11.4. The van der Waals surface area contributed by atoms with Crippen molar-refractivity contribution < 1.29 is 4.79 Å². The summed E-state index contributed by atoms with van der Waals surface area (Å²) in [4.78, 5) is 11.4. The van der Waals surface area contributed by atoms with E-state index in [4.69, 9.17) is 0 Å². The zero-order valence-electron chi connectivity index (χ0n) is 11.6. The van der Waals surface area contributed by atoms with E-state index in [1.54, 1.807) is 6.92 Å². The van der Waals surface area contributed by atoms with Crippen LogP contribution in [0, 0.1) is 13.8 Å². The van der Waals surface area contributed by atoms with E-state index in [1.165, 1.54) is 11.1 Å². The fraction of sp³-hybridized carbons (Fsp3) is 0.235. The molecule has 0 aliphatic rings. The molecule has 0 saturated carbocycles. The maximum absolute atomic E-state index is 11.4. The molecule has 0 aromatic heterocycles. The Morgan fingerprint density at radius 1 is 0.947 bits per heavy atom. The number of amides is 1. The first-order chi connectivity index (χ1) is 9.08. The van der Waals surface area contributed by atoms with Crippen LogP contribution in [0.5, 0.6) is 0 Å². The fourth-order valence-electron chi connectivity index (χ4n) is 2.15. The van der Waals surface area contributed by atoms with Crippen LogP contribution in [0.15, 0.2) is 48.5 Å². The summed E-state index contributed by atoms with van der Waals surface area (Å²) in [6, 6.07) is 16.3. The summed E-state index contributed by atoms with van der Waals surface area (Å²) in [6.07, 6.45) is 0. The quantitative estimate of drug-likeness (QED) is 0.890. The predicted octanol–water partition coefficient (Wildman–Crippen LogP) is 3.53. The van der Waals surface area contributed by atoms with Crippen molar-refractivity contribution in [3.05, 3.63) is 70.8 Å². The van der Waals surface area contributed by atoms with Gasteiger partial charge in [-0.25, -0.2) is 0 Å². The second-order valence-electron chi connectivity index (χ2n) is 4.89. The Morgan fingerprint density at radius 2 is 1.63 bits per heavy atom. The van der Waals surface area contributed by atoms with E-state index in [-0.39, 0.29) is 11.9 Å². The van der Waals surface area contributed by atoms with Crippen molar-refractivity contribution in [2.45, 2.75) is 26.8 Å². The van der Waals surface area contributed by atoms with Crippen LogP contribution in [-0.4, -0.2) is 5.91 Å². The average molecular weight is 253 g/mol. The van der Waals surface area contributed by atoms with E-state index in [9.17, 15) is 4.79 Å². The van der Waals surface area contributed by atoms with E-state index in [1.807, 2.05) is 30.3 Å². The first-order valence-electron chi connectivity index (χ1n) is 6.47. The second-order valence-corrected chi connectivity index (χ2v) is 4.89. The lowest BCUT2D eigenvalue weighted by atomic mass is 9.95. The minimum Gasteiger partial charge on any atom is -0.345 e. The van der Waals surface area contributed by atoms with Gasteiger partial charge in [-0.3, -0.25) is 4.79 Å². The molecule has 2 heteroatoms. The second kappa shape index (κ2) is 5.70. The standard InChI is InChI=1S/C17H19NO/c1-12-9-10-16(11-13(12)2)17(18-14(3)19)15-7-5-4-6-8-15/h4-11,17H,1-3H3,(H,18,19). The molecule has 1 atom stereocenters. The summed E-state index contributed by atoms with van der Waals surface area (Å²) >= 11 is 0. The monoisotopic (exact) mass is 253 g/mol. The van der Waals surface area contributed by atoms with E-state index in [2.05, 4.69) is 37.4 Å². The lowest BCUT2D eigenvalue weighted by molar-refractivity contribution is -0.119. The van der Waals surface area contributed by atoms with Gasteiger partial charge in [-0.05, 0) is 36.1 Å². The molecule has 0 radical (unpaired) electrons. The van der Waals surface area contributed by atoms with Crippen molar-refractivity contribution in [3.63, 3.8) is 0 Å².